The van der Waals surface area contributed by atoms with Crippen molar-refractivity contribution in [3.8, 4) is 17.0 Å². The third-order valence-corrected chi connectivity index (χ3v) is 6.90. The summed E-state index contributed by atoms with van der Waals surface area (Å²) in [7, 11) is 0. The van der Waals surface area contributed by atoms with Crippen molar-refractivity contribution < 1.29 is 9.53 Å². The van der Waals surface area contributed by atoms with Gasteiger partial charge in [0.1, 0.15) is 11.3 Å². The third-order valence-electron chi connectivity index (χ3n) is 5.96. The van der Waals surface area contributed by atoms with Gasteiger partial charge in [-0.25, -0.2) is 4.52 Å². The number of unbranched alkanes of at least 4 members (excludes halogenated alkanes) is 1. The van der Waals surface area contributed by atoms with Crippen LogP contribution in [0.2, 0.25) is 0 Å². The largest absolute Gasteiger partial charge is 0.494 e. The Morgan fingerprint density at radius 3 is 2.79 bits per heavy atom. The van der Waals surface area contributed by atoms with E-state index in [0.29, 0.717) is 17.0 Å². The minimum Gasteiger partial charge on any atom is -0.494 e. The summed E-state index contributed by atoms with van der Waals surface area (Å²) >= 11 is 1.40. The molecule has 0 spiro atoms. The van der Waals surface area contributed by atoms with Gasteiger partial charge in [0.25, 0.3) is 0 Å². The molecule has 5 rings (SSSR count). The first-order valence-electron chi connectivity index (χ1n) is 11.6. The number of aromatic nitrogens is 5. The van der Waals surface area contributed by atoms with Gasteiger partial charge in [-0.3, -0.25) is 9.20 Å². The Hall–Kier alpha value is -3.07. The van der Waals surface area contributed by atoms with E-state index in [9.17, 15) is 4.79 Å². The zero-order chi connectivity index (χ0) is 22.6. The molecule has 0 atom stereocenters. The van der Waals surface area contributed by atoms with Crippen LogP contribution in [0, 0.1) is 0 Å². The molecule has 172 valence electrons. The number of fused-ring (bicyclic) bond motifs is 3. The van der Waals surface area contributed by atoms with Crippen molar-refractivity contribution in [2.24, 2.45) is 0 Å². The van der Waals surface area contributed by atoms with Gasteiger partial charge >= 0.3 is 0 Å². The van der Waals surface area contributed by atoms with Crippen LogP contribution in [0.5, 0.6) is 5.75 Å². The number of hydrogen-bond acceptors (Lipinski definition) is 6. The molecule has 0 saturated heterocycles. The van der Waals surface area contributed by atoms with E-state index in [-0.39, 0.29) is 5.91 Å². The Morgan fingerprint density at radius 2 is 2.00 bits per heavy atom. The number of benzene rings is 1. The van der Waals surface area contributed by atoms with Gasteiger partial charge in [0.2, 0.25) is 5.91 Å². The average Bonchev–Trinajstić information content (AvgIpc) is 3.57. The molecule has 0 radical (unpaired) electrons. The van der Waals surface area contributed by atoms with Gasteiger partial charge < -0.3 is 10.1 Å². The fourth-order valence-corrected chi connectivity index (χ4v) is 4.88. The molecule has 0 aliphatic heterocycles. The van der Waals surface area contributed by atoms with Crippen LogP contribution < -0.4 is 10.1 Å². The summed E-state index contributed by atoms with van der Waals surface area (Å²) in [5.41, 5.74) is 3.45. The van der Waals surface area contributed by atoms with Gasteiger partial charge in [0.05, 0.1) is 18.1 Å². The Labute approximate surface area is 196 Å². The highest BCUT2D eigenvalue weighted by atomic mass is 32.2. The first-order chi connectivity index (χ1) is 16.2. The molecule has 3 aromatic heterocycles. The molecule has 1 aliphatic rings. The van der Waals surface area contributed by atoms with Crippen LogP contribution in [-0.2, 0) is 4.79 Å². The molecule has 1 aliphatic carbocycles. The van der Waals surface area contributed by atoms with Gasteiger partial charge in [-0.1, -0.05) is 37.9 Å². The first kappa shape index (κ1) is 21.8. The number of carbonyl (C=O) groups excluding carboxylic acids is 1. The van der Waals surface area contributed by atoms with E-state index in [1.54, 1.807) is 0 Å². The monoisotopic (exact) mass is 464 g/mol. The number of nitrogens with zero attached hydrogens (tertiary/aromatic N) is 5. The minimum atomic E-state index is 0.0542. The fraction of sp³-hybridized carbons (Fsp3) is 0.417. The molecule has 9 heteroatoms. The van der Waals surface area contributed by atoms with Gasteiger partial charge in [-0.2, -0.15) is 5.10 Å². The summed E-state index contributed by atoms with van der Waals surface area (Å²) in [5, 5.41) is 17.2. The lowest BCUT2D eigenvalue weighted by molar-refractivity contribution is -0.119. The first-order valence-corrected chi connectivity index (χ1v) is 12.6. The second kappa shape index (κ2) is 9.82. The lowest BCUT2D eigenvalue weighted by atomic mass is 10.1. The van der Waals surface area contributed by atoms with Crippen LogP contribution in [0.4, 0.5) is 0 Å². The predicted molar refractivity (Wildman–Crippen MR) is 129 cm³/mol. The average molecular weight is 465 g/mol. The number of hydrogen-bond donors (Lipinski definition) is 1. The van der Waals surface area contributed by atoms with E-state index in [0.717, 1.165) is 60.5 Å². The smallest absolute Gasteiger partial charge is 0.230 e. The van der Waals surface area contributed by atoms with Crippen molar-refractivity contribution in [3.05, 3.63) is 42.7 Å². The van der Waals surface area contributed by atoms with E-state index < -0.39 is 0 Å². The standard InChI is InChI=1S/C24H28N6O2S/c1-2-3-14-32-19-10-8-17(9-11-19)20-15-21-23-26-27-24(29(23)12-13-30(21)28-20)33-16-22(31)25-18-6-4-5-7-18/h8-13,15,18H,2-7,14,16H2,1H3,(H,25,31). The molecule has 33 heavy (non-hydrogen) atoms. The van der Waals surface area contributed by atoms with Crippen LogP contribution in [0.1, 0.15) is 45.4 Å². The number of thioether (sulfide) groups is 1. The van der Waals surface area contributed by atoms with Crippen LogP contribution in [0.15, 0.2) is 47.9 Å². The molecule has 0 unspecified atom stereocenters. The summed E-state index contributed by atoms with van der Waals surface area (Å²) in [6.07, 6.45) is 10.5. The minimum absolute atomic E-state index is 0.0542. The number of nitrogens with one attached hydrogen (secondary N) is 1. The quantitative estimate of drug-likeness (QED) is 0.292. The number of amides is 1. The molecule has 1 amide bonds. The molecule has 0 bridgehead atoms. The van der Waals surface area contributed by atoms with Gasteiger partial charge in [-0.05, 0) is 49.6 Å². The lowest BCUT2D eigenvalue weighted by Crippen LogP contribution is -2.33. The Balaban J connectivity index is 1.31. The molecular formula is C24H28N6O2S. The predicted octanol–water partition coefficient (Wildman–Crippen LogP) is 4.37. The molecule has 8 nitrogen and oxygen atoms in total. The maximum atomic E-state index is 12.3. The van der Waals surface area contributed by atoms with Crippen LogP contribution in [0.3, 0.4) is 0 Å². The van der Waals surface area contributed by atoms with Gasteiger partial charge in [-0.15, -0.1) is 10.2 Å². The Bertz CT molecular complexity index is 1240. The van der Waals surface area contributed by atoms with E-state index in [1.807, 2.05) is 51.6 Å². The van der Waals surface area contributed by atoms with Crippen molar-refractivity contribution in [2.45, 2.75) is 56.6 Å². The normalized spacial score (nSPS) is 14.3. The van der Waals surface area contributed by atoms with E-state index in [2.05, 4.69) is 22.4 Å². The summed E-state index contributed by atoms with van der Waals surface area (Å²) < 4.78 is 9.48. The number of rotatable bonds is 9. The van der Waals surface area contributed by atoms with Crippen molar-refractivity contribution in [1.29, 1.82) is 0 Å². The number of carbonyl (C=O) groups is 1. The molecular weight excluding hydrogens is 436 g/mol. The molecule has 3 heterocycles. The van der Waals surface area contributed by atoms with E-state index in [1.165, 1.54) is 24.6 Å². The highest BCUT2D eigenvalue weighted by Crippen LogP contribution is 2.26. The number of ether oxygens (including phenoxy) is 1. The molecule has 1 saturated carbocycles. The van der Waals surface area contributed by atoms with E-state index >= 15 is 0 Å². The van der Waals surface area contributed by atoms with Gasteiger partial charge in [0, 0.05) is 24.0 Å². The second-order valence-electron chi connectivity index (χ2n) is 8.40. The van der Waals surface area contributed by atoms with Crippen molar-refractivity contribution >= 4 is 28.8 Å². The van der Waals surface area contributed by atoms with Crippen LogP contribution in [-0.4, -0.2) is 48.5 Å². The van der Waals surface area contributed by atoms with Gasteiger partial charge in [0.15, 0.2) is 10.8 Å². The summed E-state index contributed by atoms with van der Waals surface area (Å²) in [6, 6.07) is 10.3. The summed E-state index contributed by atoms with van der Waals surface area (Å²) in [6.45, 7) is 2.88. The van der Waals surface area contributed by atoms with Crippen molar-refractivity contribution in [2.75, 3.05) is 12.4 Å². The molecule has 1 fully saturated rings. The zero-order valence-corrected chi connectivity index (χ0v) is 19.6. The van der Waals surface area contributed by atoms with E-state index in [4.69, 9.17) is 9.84 Å². The van der Waals surface area contributed by atoms with Crippen LogP contribution >= 0.6 is 11.8 Å². The maximum Gasteiger partial charge on any atom is 0.230 e. The Kier molecular flexibility index (Phi) is 6.48. The van der Waals surface area contributed by atoms with Crippen molar-refractivity contribution in [1.82, 2.24) is 29.5 Å². The summed E-state index contributed by atoms with van der Waals surface area (Å²) in [4.78, 5) is 12.3. The topological polar surface area (TPSA) is 85.8 Å². The molecule has 1 aromatic carbocycles. The second-order valence-corrected chi connectivity index (χ2v) is 9.34. The van der Waals surface area contributed by atoms with Crippen LogP contribution in [0.25, 0.3) is 22.4 Å². The lowest BCUT2D eigenvalue weighted by Gasteiger charge is -2.10. The molecule has 4 aromatic rings. The SMILES string of the molecule is CCCCOc1ccc(-c2cc3c4nnc(SCC(=O)NC5CCCC5)n4ccn3n2)cc1. The zero-order valence-electron chi connectivity index (χ0n) is 18.7. The fourth-order valence-electron chi connectivity index (χ4n) is 4.16. The summed E-state index contributed by atoms with van der Waals surface area (Å²) in [5.74, 6) is 1.26. The maximum absolute atomic E-state index is 12.3. The Morgan fingerprint density at radius 1 is 1.18 bits per heavy atom. The van der Waals surface area contributed by atoms with Crippen molar-refractivity contribution in [3.63, 3.8) is 0 Å². The highest BCUT2D eigenvalue weighted by Gasteiger charge is 2.18. The highest BCUT2D eigenvalue weighted by molar-refractivity contribution is 7.99. The molecule has 1 N–H and O–H groups in total. The third kappa shape index (κ3) is 4.83.